The molecule has 4 rings (SSSR count). The molecule has 1 saturated heterocycles. The molecular formula is C16H19N9. The first-order valence-corrected chi connectivity index (χ1v) is 8.14. The number of hydrogen-bond acceptors (Lipinski definition) is 7. The number of imidazole rings is 1. The second kappa shape index (κ2) is 6.44. The minimum atomic E-state index is 0.133. The summed E-state index contributed by atoms with van der Waals surface area (Å²) >= 11 is 0. The zero-order valence-corrected chi connectivity index (χ0v) is 13.8. The Labute approximate surface area is 144 Å². The van der Waals surface area contributed by atoms with Gasteiger partial charge in [-0.15, -0.1) is 0 Å². The summed E-state index contributed by atoms with van der Waals surface area (Å²) in [4.78, 5) is 18.5. The van der Waals surface area contributed by atoms with E-state index in [0.29, 0.717) is 17.3 Å². The first-order chi connectivity index (χ1) is 12.3. The fourth-order valence-corrected chi connectivity index (χ4v) is 3.24. The SMILES string of the molecule is CC1NCCN(c2ccnc(-c3cnc(C=N)[nH]3)n2)C1c1cn[nH]c1. The number of piperazine rings is 1. The molecule has 4 N–H and O–H groups in total. The van der Waals surface area contributed by atoms with Crippen LogP contribution in [0.3, 0.4) is 0 Å². The van der Waals surface area contributed by atoms with Gasteiger partial charge in [0.25, 0.3) is 0 Å². The molecule has 9 nitrogen and oxygen atoms in total. The summed E-state index contributed by atoms with van der Waals surface area (Å²) in [6, 6.07) is 2.32. The number of anilines is 1. The molecule has 0 bridgehead atoms. The van der Waals surface area contributed by atoms with Crippen molar-refractivity contribution in [3.63, 3.8) is 0 Å². The molecule has 0 radical (unpaired) electrons. The lowest BCUT2D eigenvalue weighted by Crippen LogP contribution is -2.51. The number of rotatable bonds is 4. The molecule has 1 fully saturated rings. The number of nitrogens with zero attached hydrogens (tertiary/aromatic N) is 5. The number of aromatic nitrogens is 6. The van der Waals surface area contributed by atoms with Gasteiger partial charge in [0.1, 0.15) is 17.3 Å². The number of hydrogen-bond donors (Lipinski definition) is 4. The van der Waals surface area contributed by atoms with Crippen LogP contribution in [0.15, 0.2) is 30.9 Å². The zero-order valence-electron chi connectivity index (χ0n) is 13.8. The van der Waals surface area contributed by atoms with Crippen LogP contribution in [0.5, 0.6) is 0 Å². The van der Waals surface area contributed by atoms with Crippen molar-refractivity contribution in [3.05, 3.63) is 42.2 Å². The van der Waals surface area contributed by atoms with Crippen LogP contribution in [0.2, 0.25) is 0 Å². The van der Waals surface area contributed by atoms with Gasteiger partial charge in [0.05, 0.1) is 24.7 Å². The minimum Gasteiger partial charge on any atom is -0.346 e. The highest BCUT2D eigenvalue weighted by atomic mass is 15.3. The van der Waals surface area contributed by atoms with Gasteiger partial charge in [0.15, 0.2) is 5.82 Å². The van der Waals surface area contributed by atoms with Crippen molar-refractivity contribution in [1.29, 1.82) is 5.41 Å². The number of nitrogens with one attached hydrogen (secondary N) is 4. The summed E-state index contributed by atoms with van der Waals surface area (Å²) in [5.41, 5.74) is 1.82. The van der Waals surface area contributed by atoms with Crippen molar-refractivity contribution in [3.8, 4) is 11.5 Å². The van der Waals surface area contributed by atoms with E-state index >= 15 is 0 Å². The first kappa shape index (κ1) is 15.5. The van der Waals surface area contributed by atoms with Crippen LogP contribution in [-0.4, -0.2) is 55.5 Å². The van der Waals surface area contributed by atoms with E-state index in [4.69, 9.17) is 10.4 Å². The standard InChI is InChI=1S/C16H19N9/c1-10-15(11-7-21-22-8-11)25(5-4-18-10)14-2-3-19-16(24-14)12-9-20-13(6-17)23-12/h2-3,6-10,15,17-18H,4-5H2,1H3,(H,20,23)(H,21,22). The van der Waals surface area contributed by atoms with E-state index < -0.39 is 0 Å². The van der Waals surface area contributed by atoms with E-state index in [1.165, 1.54) is 6.21 Å². The zero-order chi connectivity index (χ0) is 17.2. The average Bonchev–Trinajstić information content (AvgIpc) is 3.33. The van der Waals surface area contributed by atoms with E-state index in [-0.39, 0.29) is 12.1 Å². The van der Waals surface area contributed by atoms with Crippen LogP contribution in [0.1, 0.15) is 24.4 Å². The summed E-state index contributed by atoms with van der Waals surface area (Å²) in [5.74, 6) is 1.90. The van der Waals surface area contributed by atoms with Crippen molar-refractivity contribution in [2.45, 2.75) is 19.0 Å². The first-order valence-electron chi connectivity index (χ1n) is 8.14. The van der Waals surface area contributed by atoms with Crippen LogP contribution in [0.25, 0.3) is 11.5 Å². The van der Waals surface area contributed by atoms with Gasteiger partial charge in [-0.2, -0.15) is 5.10 Å². The third-order valence-electron chi connectivity index (χ3n) is 4.40. The molecule has 0 amide bonds. The van der Waals surface area contributed by atoms with Gasteiger partial charge < -0.3 is 20.6 Å². The normalized spacial score (nSPS) is 20.6. The smallest absolute Gasteiger partial charge is 0.179 e. The lowest BCUT2D eigenvalue weighted by Gasteiger charge is -2.41. The molecule has 1 aliphatic rings. The Balaban J connectivity index is 1.70. The Hall–Kier alpha value is -3.07. The maximum absolute atomic E-state index is 7.27. The minimum absolute atomic E-state index is 0.133. The monoisotopic (exact) mass is 337 g/mol. The summed E-state index contributed by atoms with van der Waals surface area (Å²) in [6.45, 7) is 3.89. The van der Waals surface area contributed by atoms with Gasteiger partial charge in [0, 0.05) is 37.1 Å². The highest BCUT2D eigenvalue weighted by Crippen LogP contribution is 2.30. The van der Waals surface area contributed by atoms with Crippen molar-refractivity contribution in [2.75, 3.05) is 18.0 Å². The highest BCUT2D eigenvalue weighted by molar-refractivity contribution is 5.73. The maximum Gasteiger partial charge on any atom is 0.179 e. The summed E-state index contributed by atoms with van der Waals surface area (Å²) in [6.07, 6.45) is 8.35. The molecule has 0 spiro atoms. The summed E-state index contributed by atoms with van der Waals surface area (Å²) in [5, 5.41) is 17.8. The third-order valence-corrected chi connectivity index (χ3v) is 4.40. The fourth-order valence-electron chi connectivity index (χ4n) is 3.24. The van der Waals surface area contributed by atoms with Gasteiger partial charge in [0.2, 0.25) is 0 Å². The van der Waals surface area contributed by atoms with E-state index in [9.17, 15) is 0 Å². The van der Waals surface area contributed by atoms with Gasteiger partial charge >= 0.3 is 0 Å². The van der Waals surface area contributed by atoms with Crippen LogP contribution in [0, 0.1) is 5.41 Å². The van der Waals surface area contributed by atoms with E-state index in [0.717, 1.165) is 24.5 Å². The van der Waals surface area contributed by atoms with Crippen molar-refractivity contribution >= 4 is 12.0 Å². The molecule has 9 heteroatoms. The molecular weight excluding hydrogens is 318 g/mol. The molecule has 0 saturated carbocycles. The molecule has 25 heavy (non-hydrogen) atoms. The summed E-state index contributed by atoms with van der Waals surface area (Å²) in [7, 11) is 0. The molecule has 2 atom stereocenters. The predicted molar refractivity (Wildman–Crippen MR) is 93.6 cm³/mol. The van der Waals surface area contributed by atoms with Gasteiger partial charge in [-0.1, -0.05) is 0 Å². The predicted octanol–water partition coefficient (Wildman–Crippen LogP) is 1.13. The van der Waals surface area contributed by atoms with E-state index in [1.807, 2.05) is 18.5 Å². The second-order valence-electron chi connectivity index (χ2n) is 5.98. The largest absolute Gasteiger partial charge is 0.346 e. The van der Waals surface area contributed by atoms with Gasteiger partial charge in [-0.3, -0.25) is 5.10 Å². The molecule has 3 aromatic rings. The van der Waals surface area contributed by atoms with E-state index in [1.54, 1.807) is 12.4 Å². The average molecular weight is 337 g/mol. The lowest BCUT2D eigenvalue weighted by molar-refractivity contribution is 0.391. The third kappa shape index (κ3) is 2.89. The summed E-state index contributed by atoms with van der Waals surface area (Å²) < 4.78 is 0. The van der Waals surface area contributed by atoms with Gasteiger partial charge in [-0.25, -0.2) is 15.0 Å². The number of H-pyrrole nitrogens is 2. The topological polar surface area (TPSA) is 122 Å². The Bertz CT molecular complexity index is 854. The lowest BCUT2D eigenvalue weighted by atomic mass is 9.99. The Morgan fingerprint density at radius 2 is 2.24 bits per heavy atom. The van der Waals surface area contributed by atoms with Crippen molar-refractivity contribution < 1.29 is 0 Å². The van der Waals surface area contributed by atoms with Crippen molar-refractivity contribution in [1.82, 2.24) is 35.5 Å². The van der Waals surface area contributed by atoms with Crippen LogP contribution >= 0.6 is 0 Å². The highest BCUT2D eigenvalue weighted by Gasteiger charge is 2.31. The van der Waals surface area contributed by atoms with Crippen molar-refractivity contribution in [2.24, 2.45) is 0 Å². The molecule has 3 aromatic heterocycles. The Morgan fingerprint density at radius 3 is 3.00 bits per heavy atom. The second-order valence-corrected chi connectivity index (χ2v) is 5.98. The molecule has 1 aliphatic heterocycles. The Morgan fingerprint density at radius 1 is 1.32 bits per heavy atom. The fraction of sp³-hybridized carbons (Fsp3) is 0.312. The van der Waals surface area contributed by atoms with E-state index in [2.05, 4.69) is 42.3 Å². The quantitative estimate of drug-likeness (QED) is 0.529. The molecule has 0 aliphatic carbocycles. The van der Waals surface area contributed by atoms with Crippen LogP contribution in [-0.2, 0) is 0 Å². The molecule has 4 heterocycles. The van der Waals surface area contributed by atoms with Crippen LogP contribution in [0.4, 0.5) is 5.82 Å². The molecule has 2 unspecified atom stereocenters. The molecule has 128 valence electrons. The van der Waals surface area contributed by atoms with Crippen LogP contribution < -0.4 is 10.2 Å². The van der Waals surface area contributed by atoms with Gasteiger partial charge in [-0.05, 0) is 13.0 Å². The molecule has 0 aromatic carbocycles. The Kier molecular flexibility index (Phi) is 3.98. The number of aromatic amines is 2. The maximum atomic E-state index is 7.27.